The molecule has 0 aliphatic rings. The molecule has 0 fully saturated rings. The average molecular weight is 407 g/mol. The summed E-state index contributed by atoms with van der Waals surface area (Å²) in [7, 11) is 0. The first-order valence-corrected chi connectivity index (χ1v) is 9.95. The van der Waals surface area contributed by atoms with E-state index in [4.69, 9.17) is 0 Å². The Kier molecular flexibility index (Phi) is 6.76. The molecule has 6 nitrogen and oxygen atoms in total. The molecule has 0 spiro atoms. The summed E-state index contributed by atoms with van der Waals surface area (Å²) in [6.07, 6.45) is 0. The Morgan fingerprint density at radius 2 is 1.69 bits per heavy atom. The summed E-state index contributed by atoms with van der Waals surface area (Å²) in [5, 5.41) is 9.82. The van der Waals surface area contributed by atoms with E-state index < -0.39 is 11.8 Å². The van der Waals surface area contributed by atoms with Gasteiger partial charge in [0, 0.05) is 11.4 Å². The van der Waals surface area contributed by atoms with Gasteiger partial charge in [0.05, 0.1) is 17.8 Å². The quantitative estimate of drug-likeness (QED) is 0.548. The molecule has 3 amide bonds. The number of hydrogen-bond donors (Lipinski definition) is 3. The van der Waals surface area contributed by atoms with Crippen LogP contribution in [0, 0.1) is 6.92 Å². The van der Waals surface area contributed by atoms with Crippen molar-refractivity contribution in [3.05, 3.63) is 87.6 Å². The van der Waals surface area contributed by atoms with E-state index >= 15 is 0 Å². The Balaban J connectivity index is 1.60. The van der Waals surface area contributed by atoms with E-state index in [0.29, 0.717) is 12.1 Å². The number of thiophene rings is 1. The molecule has 29 heavy (non-hydrogen) atoms. The molecule has 0 aliphatic heterocycles. The lowest BCUT2D eigenvalue weighted by atomic mass is 10.1. The molecule has 0 unspecified atom stereocenters. The van der Waals surface area contributed by atoms with E-state index in [1.807, 2.05) is 48.7 Å². The maximum atomic E-state index is 12.6. The van der Waals surface area contributed by atoms with Crippen molar-refractivity contribution >= 4 is 34.7 Å². The number of aryl methyl sites for hydroxylation is 1. The molecule has 0 atom stereocenters. The highest BCUT2D eigenvalue weighted by Crippen LogP contribution is 2.15. The molecule has 3 rings (SSSR count). The first kappa shape index (κ1) is 20.3. The summed E-state index contributed by atoms with van der Waals surface area (Å²) in [4.78, 5) is 37.8. The first-order chi connectivity index (χ1) is 14.0. The normalized spacial score (nSPS) is 10.2. The van der Waals surface area contributed by atoms with Crippen LogP contribution in [0.5, 0.6) is 0 Å². The highest BCUT2D eigenvalue weighted by atomic mass is 32.1. The average Bonchev–Trinajstić information content (AvgIpc) is 3.24. The Hall–Kier alpha value is -3.45. The first-order valence-electron chi connectivity index (χ1n) is 9.07. The topological polar surface area (TPSA) is 87.3 Å². The molecular formula is C22H21N3O3S. The molecule has 3 N–H and O–H groups in total. The van der Waals surface area contributed by atoms with Crippen LogP contribution in [0.4, 0.5) is 5.69 Å². The molecule has 3 aromatic rings. The van der Waals surface area contributed by atoms with Crippen LogP contribution >= 0.6 is 11.3 Å². The minimum atomic E-state index is -0.819. The third-order valence-corrected chi connectivity index (χ3v) is 5.04. The Labute approximate surface area is 173 Å². The molecule has 1 aromatic heterocycles. The minimum absolute atomic E-state index is 0.280. The van der Waals surface area contributed by atoms with Gasteiger partial charge in [-0.1, -0.05) is 48.0 Å². The zero-order chi connectivity index (χ0) is 20.6. The van der Waals surface area contributed by atoms with Crippen molar-refractivity contribution in [1.29, 1.82) is 0 Å². The fourth-order valence-electron chi connectivity index (χ4n) is 2.73. The standard InChI is InChI=1S/C22H21N3O3S/c1-15-6-4-7-16(12-15)13-23-20(26)18-9-2-3-10-19(18)25-22(28)21(27)24-14-17-8-5-11-29-17/h2-12H,13-14H2,1H3,(H,23,26)(H,24,27)(H,25,28). The van der Waals surface area contributed by atoms with Gasteiger partial charge < -0.3 is 16.0 Å². The van der Waals surface area contributed by atoms with Gasteiger partial charge >= 0.3 is 11.8 Å². The van der Waals surface area contributed by atoms with Crippen LogP contribution in [-0.4, -0.2) is 17.7 Å². The second kappa shape index (κ2) is 9.66. The number of carbonyl (C=O) groups is 3. The van der Waals surface area contributed by atoms with Gasteiger partial charge in [0.2, 0.25) is 0 Å². The number of anilines is 1. The fraction of sp³-hybridized carbons (Fsp3) is 0.136. The van der Waals surface area contributed by atoms with E-state index in [1.165, 1.54) is 11.3 Å². The number of benzene rings is 2. The third-order valence-electron chi connectivity index (χ3n) is 4.16. The predicted octanol–water partition coefficient (Wildman–Crippen LogP) is 3.24. The molecule has 0 bridgehead atoms. The number of hydrogen-bond acceptors (Lipinski definition) is 4. The molecule has 7 heteroatoms. The van der Waals surface area contributed by atoms with E-state index in [2.05, 4.69) is 16.0 Å². The summed E-state index contributed by atoms with van der Waals surface area (Å²) < 4.78 is 0. The second-order valence-electron chi connectivity index (χ2n) is 6.43. The van der Waals surface area contributed by atoms with Crippen LogP contribution in [-0.2, 0) is 22.7 Å². The van der Waals surface area contributed by atoms with E-state index in [1.54, 1.807) is 24.3 Å². The summed E-state index contributed by atoms with van der Waals surface area (Å²) in [5.74, 6) is -1.91. The lowest BCUT2D eigenvalue weighted by Gasteiger charge is -2.12. The molecule has 148 valence electrons. The van der Waals surface area contributed by atoms with E-state index in [0.717, 1.165) is 16.0 Å². The zero-order valence-electron chi connectivity index (χ0n) is 15.9. The molecule has 1 heterocycles. The SMILES string of the molecule is Cc1cccc(CNC(=O)c2ccccc2NC(=O)C(=O)NCc2cccs2)c1. The van der Waals surface area contributed by atoms with Gasteiger partial charge in [0.15, 0.2) is 0 Å². The lowest BCUT2D eigenvalue weighted by molar-refractivity contribution is -0.136. The predicted molar refractivity (Wildman–Crippen MR) is 114 cm³/mol. The number of carbonyl (C=O) groups excluding carboxylic acids is 3. The van der Waals surface area contributed by atoms with E-state index in [9.17, 15) is 14.4 Å². The van der Waals surface area contributed by atoms with Crippen LogP contribution in [0.15, 0.2) is 66.0 Å². The van der Waals surface area contributed by atoms with Crippen molar-refractivity contribution in [2.24, 2.45) is 0 Å². The Morgan fingerprint density at radius 3 is 2.45 bits per heavy atom. The lowest BCUT2D eigenvalue weighted by Crippen LogP contribution is -2.35. The van der Waals surface area contributed by atoms with Crippen LogP contribution in [0.1, 0.15) is 26.4 Å². The number of amides is 3. The maximum Gasteiger partial charge on any atom is 0.313 e. The third kappa shape index (κ3) is 5.76. The van der Waals surface area contributed by atoms with Crippen LogP contribution < -0.4 is 16.0 Å². The highest BCUT2D eigenvalue weighted by Gasteiger charge is 2.17. The van der Waals surface area contributed by atoms with Crippen molar-refractivity contribution < 1.29 is 14.4 Å². The Bertz CT molecular complexity index is 1020. The number of nitrogens with one attached hydrogen (secondary N) is 3. The molecule has 0 radical (unpaired) electrons. The number of para-hydroxylation sites is 1. The zero-order valence-corrected chi connectivity index (χ0v) is 16.7. The van der Waals surface area contributed by atoms with Crippen molar-refractivity contribution in [2.75, 3.05) is 5.32 Å². The molecule has 0 saturated heterocycles. The number of rotatable bonds is 6. The summed E-state index contributed by atoms with van der Waals surface area (Å²) in [6.45, 7) is 2.63. The van der Waals surface area contributed by atoms with Gasteiger partial charge in [-0.25, -0.2) is 0 Å². The minimum Gasteiger partial charge on any atom is -0.348 e. The van der Waals surface area contributed by atoms with Crippen LogP contribution in [0.25, 0.3) is 0 Å². The van der Waals surface area contributed by atoms with Crippen molar-refractivity contribution in [3.8, 4) is 0 Å². The van der Waals surface area contributed by atoms with Gasteiger partial charge in [-0.2, -0.15) is 0 Å². The van der Waals surface area contributed by atoms with Gasteiger partial charge in [0.1, 0.15) is 0 Å². The smallest absolute Gasteiger partial charge is 0.313 e. The summed E-state index contributed by atoms with van der Waals surface area (Å²) in [5.41, 5.74) is 2.66. The van der Waals surface area contributed by atoms with Crippen molar-refractivity contribution in [1.82, 2.24) is 10.6 Å². The van der Waals surface area contributed by atoms with E-state index in [-0.39, 0.29) is 18.1 Å². The van der Waals surface area contributed by atoms with Gasteiger partial charge in [-0.05, 0) is 36.1 Å². The summed E-state index contributed by atoms with van der Waals surface area (Å²) in [6, 6.07) is 18.2. The van der Waals surface area contributed by atoms with Crippen LogP contribution in [0.2, 0.25) is 0 Å². The fourth-order valence-corrected chi connectivity index (χ4v) is 3.37. The molecule has 0 aliphatic carbocycles. The summed E-state index contributed by atoms with van der Waals surface area (Å²) >= 11 is 1.49. The van der Waals surface area contributed by atoms with Gasteiger partial charge in [0.25, 0.3) is 5.91 Å². The largest absolute Gasteiger partial charge is 0.348 e. The Morgan fingerprint density at radius 1 is 0.862 bits per heavy atom. The van der Waals surface area contributed by atoms with Gasteiger partial charge in [-0.15, -0.1) is 11.3 Å². The van der Waals surface area contributed by atoms with Crippen LogP contribution in [0.3, 0.4) is 0 Å². The molecule has 0 saturated carbocycles. The molecule has 2 aromatic carbocycles. The highest BCUT2D eigenvalue weighted by molar-refractivity contribution is 7.09. The molecular weight excluding hydrogens is 386 g/mol. The second-order valence-corrected chi connectivity index (χ2v) is 7.47. The monoisotopic (exact) mass is 407 g/mol. The maximum absolute atomic E-state index is 12.6. The van der Waals surface area contributed by atoms with Crippen molar-refractivity contribution in [2.45, 2.75) is 20.0 Å². The van der Waals surface area contributed by atoms with Crippen molar-refractivity contribution in [3.63, 3.8) is 0 Å². The van der Waals surface area contributed by atoms with Gasteiger partial charge in [-0.3, -0.25) is 14.4 Å².